The van der Waals surface area contributed by atoms with Gasteiger partial charge in [0.05, 0.1) is 16.8 Å². The van der Waals surface area contributed by atoms with Crippen molar-refractivity contribution in [3.63, 3.8) is 0 Å². The molecular formula is C21H21BrClN3O4. The zero-order valence-electron chi connectivity index (χ0n) is 16.1. The van der Waals surface area contributed by atoms with Gasteiger partial charge in [0.25, 0.3) is 0 Å². The van der Waals surface area contributed by atoms with Crippen LogP contribution in [0.15, 0.2) is 52.0 Å². The molecule has 0 unspecified atom stereocenters. The number of hydrogen-bond acceptors (Lipinski definition) is 5. The maximum Gasteiger partial charge on any atom is 0.329 e. The summed E-state index contributed by atoms with van der Waals surface area (Å²) in [5.41, 5.74) is 3.81. The summed E-state index contributed by atoms with van der Waals surface area (Å²) in [6.45, 7) is 1.35. The summed E-state index contributed by atoms with van der Waals surface area (Å²) < 4.78 is 11.9. The lowest BCUT2D eigenvalue weighted by molar-refractivity contribution is -0.139. The van der Waals surface area contributed by atoms with Gasteiger partial charge in [-0.25, -0.2) is 5.43 Å². The summed E-state index contributed by atoms with van der Waals surface area (Å²) in [5.74, 6) is -0.931. The molecule has 1 heterocycles. The Balaban J connectivity index is 1.47. The number of carbonyl (C=O) groups is 2. The summed E-state index contributed by atoms with van der Waals surface area (Å²) in [6.07, 6.45) is 3.26. The molecule has 2 amide bonds. The molecule has 158 valence electrons. The van der Waals surface area contributed by atoms with E-state index in [4.69, 9.17) is 21.1 Å². The van der Waals surface area contributed by atoms with Gasteiger partial charge < -0.3 is 14.8 Å². The van der Waals surface area contributed by atoms with Crippen LogP contribution in [-0.2, 0) is 20.9 Å². The summed E-state index contributed by atoms with van der Waals surface area (Å²) in [5, 5.41) is 7.01. The topological polar surface area (TPSA) is 89.0 Å². The Morgan fingerprint density at radius 2 is 2.10 bits per heavy atom. The van der Waals surface area contributed by atoms with Crippen LogP contribution in [0, 0.1) is 0 Å². The van der Waals surface area contributed by atoms with E-state index in [0.29, 0.717) is 36.1 Å². The molecule has 0 aliphatic carbocycles. The molecule has 0 spiro atoms. The Labute approximate surface area is 187 Å². The fraction of sp³-hybridized carbons (Fsp3) is 0.286. The Kier molecular flexibility index (Phi) is 8.24. The highest BCUT2D eigenvalue weighted by Gasteiger charge is 2.18. The second-order valence-electron chi connectivity index (χ2n) is 6.61. The third-order valence-electron chi connectivity index (χ3n) is 4.40. The van der Waals surface area contributed by atoms with Crippen molar-refractivity contribution in [3.05, 3.63) is 63.1 Å². The minimum atomic E-state index is -0.831. The maximum absolute atomic E-state index is 11.8. The van der Waals surface area contributed by atoms with Gasteiger partial charge >= 0.3 is 11.8 Å². The molecule has 2 N–H and O–H groups in total. The number of amides is 2. The molecule has 3 rings (SSSR count). The Morgan fingerprint density at radius 1 is 1.27 bits per heavy atom. The van der Waals surface area contributed by atoms with Crippen molar-refractivity contribution in [2.45, 2.75) is 25.6 Å². The van der Waals surface area contributed by atoms with E-state index < -0.39 is 11.8 Å². The van der Waals surface area contributed by atoms with Crippen LogP contribution in [-0.4, -0.2) is 37.3 Å². The molecule has 30 heavy (non-hydrogen) atoms. The third-order valence-corrected chi connectivity index (χ3v) is 5.39. The van der Waals surface area contributed by atoms with E-state index in [-0.39, 0.29) is 6.10 Å². The van der Waals surface area contributed by atoms with E-state index >= 15 is 0 Å². The predicted octanol–water partition coefficient (Wildman–Crippen LogP) is 3.43. The largest absolute Gasteiger partial charge is 0.488 e. The van der Waals surface area contributed by atoms with Crippen molar-refractivity contribution in [3.8, 4) is 5.75 Å². The van der Waals surface area contributed by atoms with Gasteiger partial charge in [-0.15, -0.1) is 0 Å². The number of nitrogens with zero attached hydrogens (tertiary/aromatic N) is 1. The third kappa shape index (κ3) is 6.55. The van der Waals surface area contributed by atoms with E-state index in [9.17, 15) is 9.59 Å². The molecular weight excluding hydrogens is 474 g/mol. The molecule has 0 radical (unpaired) electrons. The highest BCUT2D eigenvalue weighted by atomic mass is 79.9. The zero-order valence-corrected chi connectivity index (χ0v) is 18.4. The second-order valence-corrected chi connectivity index (χ2v) is 7.88. The number of ether oxygens (including phenoxy) is 2. The number of hydrogen-bond donors (Lipinski definition) is 2. The van der Waals surface area contributed by atoms with Gasteiger partial charge in [0, 0.05) is 23.7 Å². The first kappa shape index (κ1) is 22.3. The van der Waals surface area contributed by atoms with Crippen molar-refractivity contribution in [1.29, 1.82) is 0 Å². The van der Waals surface area contributed by atoms with Crippen LogP contribution in [0.3, 0.4) is 0 Å². The quantitative estimate of drug-likeness (QED) is 0.351. The van der Waals surface area contributed by atoms with Gasteiger partial charge in [-0.3, -0.25) is 9.59 Å². The number of carbonyl (C=O) groups excluding carboxylic acids is 2. The van der Waals surface area contributed by atoms with Gasteiger partial charge in [-0.05, 0) is 58.6 Å². The summed E-state index contributed by atoms with van der Waals surface area (Å²) in [6, 6.07) is 12.8. The fourth-order valence-electron chi connectivity index (χ4n) is 2.79. The monoisotopic (exact) mass is 493 g/mol. The van der Waals surface area contributed by atoms with E-state index in [1.54, 1.807) is 18.2 Å². The van der Waals surface area contributed by atoms with Gasteiger partial charge in [0.1, 0.15) is 12.4 Å². The molecule has 7 nitrogen and oxygen atoms in total. The summed E-state index contributed by atoms with van der Waals surface area (Å²) in [7, 11) is 0. The first-order valence-corrected chi connectivity index (χ1v) is 10.6. The molecule has 2 aromatic carbocycles. The van der Waals surface area contributed by atoms with Crippen LogP contribution in [0.5, 0.6) is 5.75 Å². The maximum atomic E-state index is 11.8. The molecule has 0 aromatic heterocycles. The summed E-state index contributed by atoms with van der Waals surface area (Å²) >= 11 is 9.59. The minimum Gasteiger partial charge on any atom is -0.488 e. The highest BCUT2D eigenvalue weighted by Crippen LogP contribution is 2.27. The van der Waals surface area contributed by atoms with Crippen molar-refractivity contribution in [2.75, 3.05) is 13.2 Å². The predicted molar refractivity (Wildman–Crippen MR) is 118 cm³/mol. The first-order chi connectivity index (χ1) is 14.5. The Bertz CT molecular complexity index is 932. The minimum absolute atomic E-state index is 0.0266. The molecule has 1 aliphatic rings. The second kappa shape index (κ2) is 11.1. The highest BCUT2D eigenvalue weighted by molar-refractivity contribution is 9.10. The van der Waals surface area contributed by atoms with Crippen LogP contribution in [0.1, 0.15) is 24.0 Å². The molecule has 1 saturated heterocycles. The van der Waals surface area contributed by atoms with E-state index in [2.05, 4.69) is 31.8 Å². The van der Waals surface area contributed by atoms with Gasteiger partial charge in [0.15, 0.2) is 0 Å². The van der Waals surface area contributed by atoms with Gasteiger partial charge in [-0.2, -0.15) is 5.10 Å². The van der Waals surface area contributed by atoms with E-state index in [0.717, 1.165) is 22.9 Å². The molecule has 0 saturated carbocycles. The molecule has 1 fully saturated rings. The van der Waals surface area contributed by atoms with E-state index in [1.165, 1.54) is 6.21 Å². The lowest BCUT2D eigenvalue weighted by atomic mass is 10.2. The standard InChI is InChI=1S/C21H21BrClN3O4/c22-17-10-14(7-8-19(17)30-13-15-4-1-2-6-18(15)23)11-25-26-21(28)20(27)24-12-16-5-3-9-29-16/h1-2,4,6-8,10-11,16H,3,5,9,12-13H2,(H,24,27)(H,26,28)/b25-11-/t16-/m1/s1. The lowest BCUT2D eigenvalue weighted by Crippen LogP contribution is -2.41. The normalized spacial score (nSPS) is 15.9. The van der Waals surface area contributed by atoms with Crippen LogP contribution < -0.4 is 15.5 Å². The van der Waals surface area contributed by atoms with Crippen LogP contribution in [0.4, 0.5) is 0 Å². The average Bonchev–Trinajstić information content (AvgIpc) is 3.26. The number of nitrogens with one attached hydrogen (secondary N) is 2. The average molecular weight is 495 g/mol. The molecule has 1 aliphatic heterocycles. The lowest BCUT2D eigenvalue weighted by Gasteiger charge is -2.10. The Morgan fingerprint density at radius 3 is 2.83 bits per heavy atom. The van der Waals surface area contributed by atoms with Crippen molar-refractivity contribution in [1.82, 2.24) is 10.7 Å². The fourth-order valence-corrected chi connectivity index (χ4v) is 3.49. The molecule has 0 bridgehead atoms. The van der Waals surface area contributed by atoms with Crippen LogP contribution in [0.25, 0.3) is 0 Å². The van der Waals surface area contributed by atoms with Crippen LogP contribution in [0.2, 0.25) is 5.02 Å². The SMILES string of the molecule is O=C(NC[C@H]1CCCO1)C(=O)N/N=C\c1ccc(OCc2ccccc2Cl)c(Br)c1. The van der Waals surface area contributed by atoms with Crippen molar-refractivity contribution in [2.24, 2.45) is 5.10 Å². The number of halogens is 2. The molecule has 9 heteroatoms. The number of hydrazone groups is 1. The Hall–Kier alpha value is -2.42. The van der Waals surface area contributed by atoms with Gasteiger partial charge in [0.2, 0.25) is 0 Å². The van der Waals surface area contributed by atoms with Crippen molar-refractivity contribution >= 4 is 45.6 Å². The van der Waals surface area contributed by atoms with E-state index in [1.807, 2.05) is 24.3 Å². The molecule has 2 aromatic rings. The molecule has 1 atom stereocenters. The number of benzene rings is 2. The zero-order chi connectivity index (χ0) is 21.3. The smallest absolute Gasteiger partial charge is 0.329 e. The van der Waals surface area contributed by atoms with Gasteiger partial charge in [-0.1, -0.05) is 29.8 Å². The van der Waals surface area contributed by atoms with Crippen molar-refractivity contribution < 1.29 is 19.1 Å². The summed E-state index contributed by atoms with van der Waals surface area (Å²) in [4.78, 5) is 23.6. The first-order valence-electron chi connectivity index (χ1n) is 9.41. The number of rotatable bonds is 7. The van der Waals surface area contributed by atoms with Crippen LogP contribution >= 0.6 is 27.5 Å².